The first-order chi connectivity index (χ1) is 13.1. The van der Waals surface area contributed by atoms with Crippen molar-refractivity contribution in [3.05, 3.63) is 57.0 Å². The molecule has 0 aliphatic heterocycles. The van der Waals surface area contributed by atoms with Gasteiger partial charge in [0.05, 0.1) is 9.92 Å². The maximum Gasteiger partial charge on any atom is 0.258 e. The SMILES string of the molecule is CC(C)NS(=O)(=O)c1ccc(OCC(=O)NCc2ccc(Cl)cc2Cl)c(Cl)c1. The zero-order valence-corrected chi connectivity index (χ0v) is 18.2. The Morgan fingerprint density at radius 1 is 1.07 bits per heavy atom. The van der Waals surface area contributed by atoms with E-state index in [1.54, 1.807) is 32.0 Å². The Bertz CT molecular complexity index is 965. The van der Waals surface area contributed by atoms with Crippen LogP contribution in [0, 0.1) is 0 Å². The smallest absolute Gasteiger partial charge is 0.258 e. The van der Waals surface area contributed by atoms with Gasteiger partial charge in [-0.05, 0) is 49.7 Å². The van der Waals surface area contributed by atoms with E-state index in [0.717, 1.165) is 0 Å². The van der Waals surface area contributed by atoms with Crippen LogP contribution in [0.5, 0.6) is 5.75 Å². The van der Waals surface area contributed by atoms with Crippen LogP contribution < -0.4 is 14.8 Å². The molecular formula is C18H19Cl3N2O4S. The molecule has 10 heteroatoms. The van der Waals surface area contributed by atoms with Crippen molar-refractivity contribution in [1.29, 1.82) is 0 Å². The summed E-state index contributed by atoms with van der Waals surface area (Å²) >= 11 is 18.0. The van der Waals surface area contributed by atoms with Crippen molar-refractivity contribution in [1.82, 2.24) is 10.0 Å². The molecule has 1 amide bonds. The number of amides is 1. The average Bonchev–Trinajstić information content (AvgIpc) is 2.58. The fourth-order valence-electron chi connectivity index (χ4n) is 2.20. The number of sulfonamides is 1. The molecule has 2 rings (SSSR count). The topological polar surface area (TPSA) is 84.5 Å². The zero-order valence-electron chi connectivity index (χ0n) is 15.1. The van der Waals surface area contributed by atoms with Crippen LogP contribution in [-0.2, 0) is 21.4 Å². The molecule has 0 heterocycles. The van der Waals surface area contributed by atoms with Crippen LogP contribution >= 0.6 is 34.8 Å². The van der Waals surface area contributed by atoms with Crippen LogP contribution in [0.1, 0.15) is 19.4 Å². The Morgan fingerprint density at radius 3 is 2.39 bits per heavy atom. The van der Waals surface area contributed by atoms with Gasteiger partial charge in [-0.25, -0.2) is 13.1 Å². The van der Waals surface area contributed by atoms with Gasteiger partial charge in [0.15, 0.2) is 6.61 Å². The number of carbonyl (C=O) groups is 1. The van der Waals surface area contributed by atoms with Gasteiger partial charge in [0.25, 0.3) is 5.91 Å². The van der Waals surface area contributed by atoms with Gasteiger partial charge in [-0.3, -0.25) is 4.79 Å². The van der Waals surface area contributed by atoms with Gasteiger partial charge in [-0.1, -0.05) is 40.9 Å². The van der Waals surface area contributed by atoms with Crippen LogP contribution in [0.25, 0.3) is 0 Å². The number of ether oxygens (including phenoxy) is 1. The van der Waals surface area contributed by atoms with Crippen molar-refractivity contribution < 1.29 is 17.9 Å². The second-order valence-corrected chi connectivity index (χ2v) is 9.13. The van der Waals surface area contributed by atoms with E-state index in [-0.39, 0.29) is 40.8 Å². The third-order valence-electron chi connectivity index (χ3n) is 3.45. The number of rotatable bonds is 8. The Morgan fingerprint density at radius 2 is 1.79 bits per heavy atom. The monoisotopic (exact) mass is 464 g/mol. The first-order valence-corrected chi connectivity index (χ1v) is 10.9. The van der Waals surface area contributed by atoms with Gasteiger partial charge in [0.2, 0.25) is 10.0 Å². The van der Waals surface area contributed by atoms with E-state index in [4.69, 9.17) is 39.5 Å². The number of hydrogen-bond donors (Lipinski definition) is 2. The van der Waals surface area contributed by atoms with Gasteiger partial charge < -0.3 is 10.1 Å². The first-order valence-electron chi connectivity index (χ1n) is 8.24. The van der Waals surface area contributed by atoms with E-state index in [1.807, 2.05) is 0 Å². The minimum absolute atomic E-state index is 0.0142. The number of benzene rings is 2. The predicted molar refractivity (Wildman–Crippen MR) is 111 cm³/mol. The first kappa shape index (κ1) is 22.8. The fraction of sp³-hybridized carbons (Fsp3) is 0.278. The van der Waals surface area contributed by atoms with Crippen molar-refractivity contribution in [2.45, 2.75) is 31.3 Å². The molecular weight excluding hydrogens is 447 g/mol. The highest BCUT2D eigenvalue weighted by atomic mass is 35.5. The molecule has 0 saturated carbocycles. The van der Waals surface area contributed by atoms with Gasteiger partial charge in [-0.15, -0.1) is 0 Å². The third kappa shape index (κ3) is 6.53. The van der Waals surface area contributed by atoms with Crippen LogP contribution in [0.3, 0.4) is 0 Å². The summed E-state index contributed by atoms with van der Waals surface area (Å²) in [5, 5.41) is 3.70. The molecule has 0 aromatic heterocycles. The van der Waals surface area contributed by atoms with Gasteiger partial charge >= 0.3 is 0 Å². The lowest BCUT2D eigenvalue weighted by Crippen LogP contribution is -2.30. The second kappa shape index (κ2) is 9.80. The van der Waals surface area contributed by atoms with Crippen LogP contribution in [0.4, 0.5) is 0 Å². The van der Waals surface area contributed by atoms with Crippen molar-refractivity contribution in [2.24, 2.45) is 0 Å². The minimum atomic E-state index is -3.67. The van der Waals surface area contributed by atoms with Crippen molar-refractivity contribution >= 4 is 50.7 Å². The number of halogens is 3. The molecule has 0 radical (unpaired) electrons. The largest absolute Gasteiger partial charge is 0.482 e. The number of nitrogens with one attached hydrogen (secondary N) is 2. The summed E-state index contributed by atoms with van der Waals surface area (Å²) in [6.45, 7) is 3.35. The summed E-state index contributed by atoms with van der Waals surface area (Å²) in [5.41, 5.74) is 0.713. The van der Waals surface area contributed by atoms with Gasteiger partial charge in [-0.2, -0.15) is 0 Å². The van der Waals surface area contributed by atoms with E-state index >= 15 is 0 Å². The molecule has 152 valence electrons. The maximum atomic E-state index is 12.1. The molecule has 0 saturated heterocycles. The Kier molecular flexibility index (Phi) is 7.97. The summed E-state index contributed by atoms with van der Waals surface area (Å²) in [4.78, 5) is 12.0. The molecule has 0 aliphatic carbocycles. The summed E-state index contributed by atoms with van der Waals surface area (Å²) < 4.78 is 32.1. The number of carbonyl (C=O) groups excluding carboxylic acids is 1. The van der Waals surface area contributed by atoms with Crippen molar-refractivity contribution in [3.8, 4) is 5.75 Å². The van der Waals surface area contributed by atoms with E-state index in [1.165, 1.54) is 18.2 Å². The Balaban J connectivity index is 1.94. The highest BCUT2D eigenvalue weighted by Gasteiger charge is 2.17. The molecule has 0 fully saturated rings. The highest BCUT2D eigenvalue weighted by Crippen LogP contribution is 2.27. The molecule has 0 atom stereocenters. The Hall–Kier alpha value is -1.51. The Labute approximate surface area is 179 Å². The van der Waals surface area contributed by atoms with Crippen molar-refractivity contribution in [2.75, 3.05) is 6.61 Å². The zero-order chi connectivity index (χ0) is 20.9. The minimum Gasteiger partial charge on any atom is -0.482 e. The standard InChI is InChI=1S/C18H19Cl3N2O4S/c1-11(2)23-28(25,26)14-5-6-17(16(21)8-14)27-10-18(24)22-9-12-3-4-13(19)7-15(12)20/h3-8,11,23H,9-10H2,1-2H3,(H,22,24). The summed E-state index contributed by atoms with van der Waals surface area (Å²) in [7, 11) is -3.67. The second-order valence-electron chi connectivity index (χ2n) is 6.17. The molecule has 2 aromatic carbocycles. The van der Waals surface area contributed by atoms with Crippen LogP contribution in [-0.4, -0.2) is 27.0 Å². The van der Waals surface area contributed by atoms with Gasteiger partial charge in [0.1, 0.15) is 5.75 Å². The highest BCUT2D eigenvalue weighted by molar-refractivity contribution is 7.89. The quantitative estimate of drug-likeness (QED) is 0.616. The molecule has 0 unspecified atom stereocenters. The normalized spacial score (nSPS) is 11.5. The molecule has 28 heavy (non-hydrogen) atoms. The average molecular weight is 466 g/mol. The summed E-state index contributed by atoms with van der Waals surface area (Å²) in [6.07, 6.45) is 0. The predicted octanol–water partition coefficient (Wildman–Crippen LogP) is 4.03. The van der Waals surface area contributed by atoms with E-state index < -0.39 is 10.0 Å². The third-order valence-corrected chi connectivity index (χ3v) is 5.99. The lowest BCUT2D eigenvalue weighted by Gasteiger charge is -2.12. The van der Waals surface area contributed by atoms with E-state index in [0.29, 0.717) is 15.6 Å². The molecule has 0 bridgehead atoms. The van der Waals surface area contributed by atoms with E-state index in [2.05, 4.69) is 10.0 Å². The lowest BCUT2D eigenvalue weighted by atomic mass is 10.2. The number of hydrogen-bond acceptors (Lipinski definition) is 4. The van der Waals surface area contributed by atoms with Crippen molar-refractivity contribution in [3.63, 3.8) is 0 Å². The fourth-order valence-corrected chi connectivity index (χ4v) is 4.25. The molecule has 6 nitrogen and oxygen atoms in total. The lowest BCUT2D eigenvalue weighted by molar-refractivity contribution is -0.123. The molecule has 0 spiro atoms. The van der Waals surface area contributed by atoms with Crippen LogP contribution in [0.2, 0.25) is 15.1 Å². The molecule has 0 aliphatic rings. The summed E-state index contributed by atoms with van der Waals surface area (Å²) in [5.74, 6) is -0.190. The van der Waals surface area contributed by atoms with Crippen LogP contribution in [0.15, 0.2) is 41.3 Å². The van der Waals surface area contributed by atoms with E-state index in [9.17, 15) is 13.2 Å². The summed E-state index contributed by atoms with van der Waals surface area (Å²) in [6, 6.07) is 8.76. The van der Waals surface area contributed by atoms with Gasteiger partial charge in [0, 0.05) is 22.6 Å². The maximum absolute atomic E-state index is 12.1. The molecule has 2 N–H and O–H groups in total. The molecule has 2 aromatic rings.